The maximum Gasteiger partial charge on any atom is 0.411 e. The molecule has 8 nitrogen and oxygen atoms in total. The molecule has 0 saturated heterocycles. The van der Waals surface area contributed by atoms with Crippen molar-refractivity contribution in [3.8, 4) is 0 Å². The Bertz CT molecular complexity index is 1580. The molecule has 43 heavy (non-hydrogen) atoms. The molecule has 0 fully saturated rings. The fraction of sp³-hybridized carbons (Fsp3) is 0.310. The van der Waals surface area contributed by atoms with Gasteiger partial charge in [0.25, 0.3) is 11.6 Å². The van der Waals surface area contributed by atoms with Crippen molar-refractivity contribution in [2.45, 2.75) is 31.6 Å². The molecule has 4 aromatic rings. The Morgan fingerprint density at radius 3 is 1.30 bits per heavy atom. The first-order valence-electron chi connectivity index (χ1n) is 12.8. The van der Waals surface area contributed by atoms with Crippen molar-refractivity contribution >= 4 is 23.2 Å². The average Bonchev–Trinajstić information content (AvgIpc) is 3.40. The van der Waals surface area contributed by atoms with Crippen LogP contribution in [0.1, 0.15) is 33.9 Å². The fourth-order valence-corrected chi connectivity index (χ4v) is 5.01. The number of aliphatic imine (C=N–C) groups is 2. The predicted octanol–water partition coefficient (Wildman–Crippen LogP) is 2.92. The first-order chi connectivity index (χ1) is 19.9. The molecular formula is C29H28F6N6O2. The van der Waals surface area contributed by atoms with Crippen molar-refractivity contribution in [2.24, 2.45) is 38.2 Å². The van der Waals surface area contributed by atoms with Crippen LogP contribution in [0.3, 0.4) is 0 Å². The van der Waals surface area contributed by atoms with Gasteiger partial charge in [-0.25, -0.2) is 18.3 Å². The third-order valence-corrected chi connectivity index (χ3v) is 7.33. The molecule has 2 aromatic carbocycles. The second-order valence-corrected chi connectivity index (χ2v) is 10.3. The number of hydrogen-bond donors (Lipinski definition) is 0. The van der Waals surface area contributed by atoms with Gasteiger partial charge in [-0.05, 0) is 48.2 Å². The van der Waals surface area contributed by atoms with E-state index in [1.165, 1.54) is 32.1 Å². The Kier molecular flexibility index (Phi) is 7.94. The number of aryl methyl sites for hydroxylation is 6. The highest BCUT2D eigenvalue weighted by Gasteiger charge is 2.72. The monoisotopic (exact) mass is 606 g/mol. The Balaban J connectivity index is 1.99. The zero-order chi connectivity index (χ0) is 32.1. The third kappa shape index (κ3) is 5.37. The van der Waals surface area contributed by atoms with E-state index in [9.17, 15) is 36.6 Å². The molecule has 2 aromatic heterocycles. The van der Waals surface area contributed by atoms with Crippen LogP contribution in [0, 0.1) is 13.8 Å². The maximum atomic E-state index is 15.0. The van der Waals surface area contributed by atoms with Gasteiger partial charge in [-0.3, -0.25) is 9.98 Å². The van der Waals surface area contributed by atoms with Gasteiger partial charge >= 0.3 is 12.4 Å². The third-order valence-electron chi connectivity index (χ3n) is 7.33. The molecule has 4 rings (SSSR count). The minimum atomic E-state index is -5.91. The number of rotatable bonds is 6. The molecule has 0 spiro atoms. The average molecular weight is 607 g/mol. The van der Waals surface area contributed by atoms with Gasteiger partial charge in [0.15, 0.2) is 0 Å². The molecule has 0 aliphatic carbocycles. The van der Waals surface area contributed by atoms with E-state index in [1.54, 1.807) is 53.0 Å². The van der Waals surface area contributed by atoms with Crippen LogP contribution in [-0.4, -0.2) is 33.3 Å². The Labute approximate surface area is 243 Å². The van der Waals surface area contributed by atoms with E-state index in [2.05, 4.69) is 9.98 Å². The lowest BCUT2D eigenvalue weighted by atomic mass is 9.72. The first kappa shape index (κ1) is 31.3. The lowest BCUT2D eigenvalue weighted by Gasteiger charge is -2.38. The van der Waals surface area contributed by atoms with Crippen molar-refractivity contribution in [2.75, 3.05) is 0 Å². The molecule has 2 heterocycles. The summed E-state index contributed by atoms with van der Waals surface area (Å²) in [7, 11) is 6.19. The van der Waals surface area contributed by atoms with Crippen molar-refractivity contribution in [1.82, 2.24) is 9.13 Å². The zero-order valence-corrected chi connectivity index (χ0v) is 24.0. The first-order valence-corrected chi connectivity index (χ1v) is 12.8. The smallest absolute Gasteiger partial charge is 0.411 e. The number of hydrogen-bond acceptors (Lipinski definition) is 4. The molecule has 0 bridgehead atoms. The number of halogens is 6. The summed E-state index contributed by atoms with van der Waals surface area (Å²) in [5.74, 6) is -1.60. The van der Waals surface area contributed by atoms with Gasteiger partial charge in [-0.1, -0.05) is 24.3 Å². The summed E-state index contributed by atoms with van der Waals surface area (Å²) in [5, 5.41) is 25.8. The molecule has 0 unspecified atom stereocenters. The number of imidazole rings is 2. The van der Waals surface area contributed by atoms with Crippen LogP contribution in [-0.2, 0) is 33.6 Å². The van der Waals surface area contributed by atoms with Crippen LogP contribution in [0.15, 0.2) is 71.2 Å². The number of alkyl halides is 6. The van der Waals surface area contributed by atoms with E-state index in [-0.39, 0.29) is 34.2 Å². The quantitative estimate of drug-likeness (QED) is 0.146. The highest BCUT2D eigenvalue weighted by molar-refractivity contribution is 5.88. The van der Waals surface area contributed by atoms with E-state index in [1.807, 2.05) is 0 Å². The molecule has 14 heteroatoms. The van der Waals surface area contributed by atoms with Crippen LogP contribution in [0.4, 0.5) is 37.7 Å². The number of aromatic nitrogens is 4. The van der Waals surface area contributed by atoms with E-state index < -0.39 is 40.7 Å². The van der Waals surface area contributed by atoms with Crippen LogP contribution in [0.2, 0.25) is 0 Å². The standard InChI is InChI=1S/C29H28F6N6O2/c1-17-7-9-19(15-21(17)36-23(42)25-38(3)11-12-39(25)4)27(28(30,31)32,29(33,34)35)20-10-8-18(2)22(16-20)37-24(43)26-40(5)13-14-41(26)6/h7-16H,1-6H3. The molecule has 0 aliphatic heterocycles. The molecule has 228 valence electrons. The fourth-order valence-electron chi connectivity index (χ4n) is 5.01. The SMILES string of the molecule is Cc1ccc(C(c2ccc(C)c(N=C([O-])c3n(C)cc[n+]3C)c2)(C(F)(F)F)C(F)(F)F)cc1N=C([O-])c1n(C)cc[n+]1C. The van der Waals surface area contributed by atoms with Gasteiger partial charge in [-0.2, -0.15) is 26.3 Å². The van der Waals surface area contributed by atoms with Gasteiger partial charge in [0, 0.05) is 0 Å². The highest BCUT2D eigenvalue weighted by atomic mass is 19.4. The van der Waals surface area contributed by atoms with Gasteiger partial charge in [0.05, 0.1) is 51.4 Å². The van der Waals surface area contributed by atoms with Gasteiger partial charge in [-0.15, -0.1) is 0 Å². The van der Waals surface area contributed by atoms with Crippen LogP contribution >= 0.6 is 0 Å². The van der Waals surface area contributed by atoms with E-state index in [0.717, 1.165) is 12.1 Å². The van der Waals surface area contributed by atoms with Crippen molar-refractivity contribution < 1.29 is 45.7 Å². The minimum absolute atomic E-state index is 0.0591. The Hall–Kier alpha value is -4.62. The van der Waals surface area contributed by atoms with Crippen molar-refractivity contribution in [1.29, 1.82) is 0 Å². The van der Waals surface area contributed by atoms with E-state index in [0.29, 0.717) is 24.3 Å². The number of nitrogens with zero attached hydrogens (tertiary/aromatic N) is 6. The summed E-state index contributed by atoms with van der Waals surface area (Å²) in [6, 6.07) is 4.79. The van der Waals surface area contributed by atoms with E-state index in [4.69, 9.17) is 0 Å². The number of benzene rings is 2. The van der Waals surface area contributed by atoms with Gasteiger partial charge in [0.2, 0.25) is 5.41 Å². The Morgan fingerprint density at radius 1 is 0.674 bits per heavy atom. The van der Waals surface area contributed by atoms with Crippen molar-refractivity contribution in [3.05, 3.63) is 95.1 Å². The van der Waals surface area contributed by atoms with Crippen LogP contribution < -0.4 is 19.3 Å². The normalized spacial score (nSPS) is 13.6. The Morgan fingerprint density at radius 2 is 1.02 bits per heavy atom. The second-order valence-electron chi connectivity index (χ2n) is 10.3. The molecule has 0 amide bonds. The summed E-state index contributed by atoms with van der Waals surface area (Å²) in [5.41, 5.74) is -7.28. The molecular weight excluding hydrogens is 578 g/mol. The molecule has 0 saturated carbocycles. The molecule has 0 atom stereocenters. The summed E-state index contributed by atoms with van der Waals surface area (Å²) >= 11 is 0. The largest absolute Gasteiger partial charge is 0.853 e. The molecule has 0 N–H and O–H groups in total. The van der Waals surface area contributed by atoms with Crippen LogP contribution in [0.25, 0.3) is 0 Å². The topological polar surface area (TPSA) is 88.5 Å². The lowest BCUT2D eigenvalue weighted by Crippen LogP contribution is -2.54. The van der Waals surface area contributed by atoms with Gasteiger partial charge < -0.3 is 10.2 Å². The lowest BCUT2D eigenvalue weighted by molar-refractivity contribution is -0.674. The summed E-state index contributed by atoms with van der Waals surface area (Å²) in [6.45, 7) is 2.84. The summed E-state index contributed by atoms with van der Waals surface area (Å²) in [4.78, 5) is 7.78. The predicted molar refractivity (Wildman–Crippen MR) is 141 cm³/mol. The van der Waals surface area contributed by atoms with Crippen LogP contribution in [0.5, 0.6) is 0 Å². The zero-order valence-electron chi connectivity index (χ0n) is 24.0. The molecule has 0 aliphatic rings. The van der Waals surface area contributed by atoms with E-state index >= 15 is 0 Å². The summed E-state index contributed by atoms with van der Waals surface area (Å²) < 4.78 is 95.5. The second kappa shape index (κ2) is 10.9. The maximum absolute atomic E-state index is 15.0. The van der Waals surface area contributed by atoms with Gasteiger partial charge in [0.1, 0.15) is 24.8 Å². The van der Waals surface area contributed by atoms with Crippen molar-refractivity contribution in [3.63, 3.8) is 0 Å². The highest BCUT2D eigenvalue weighted by Crippen LogP contribution is 2.57. The minimum Gasteiger partial charge on any atom is -0.853 e. The summed E-state index contributed by atoms with van der Waals surface area (Å²) in [6.07, 6.45) is -5.62. The molecule has 0 radical (unpaired) electrons.